The molecule has 1 nitrogen and oxygen atoms in total. The van der Waals surface area contributed by atoms with Crippen molar-refractivity contribution in [3.8, 4) is 0 Å². The van der Waals surface area contributed by atoms with E-state index in [2.05, 4.69) is 15.9 Å². The SMILES string of the molecule is Nc1cc(Br)c(F)cc1SC1CCCC1. The lowest BCUT2D eigenvalue weighted by atomic mass is 10.3. The first kappa shape index (κ1) is 11.3. The Morgan fingerprint density at radius 1 is 1.33 bits per heavy atom. The average molecular weight is 290 g/mol. The van der Waals surface area contributed by atoms with Crippen LogP contribution in [-0.2, 0) is 0 Å². The smallest absolute Gasteiger partial charge is 0.138 e. The Balaban J connectivity index is 2.16. The van der Waals surface area contributed by atoms with E-state index in [1.807, 2.05) is 0 Å². The Hall–Kier alpha value is -0.220. The van der Waals surface area contributed by atoms with Crippen molar-refractivity contribution in [2.45, 2.75) is 35.8 Å². The summed E-state index contributed by atoms with van der Waals surface area (Å²) in [4.78, 5) is 0.877. The Morgan fingerprint density at radius 2 is 2.00 bits per heavy atom. The van der Waals surface area contributed by atoms with Gasteiger partial charge >= 0.3 is 0 Å². The molecule has 1 aliphatic carbocycles. The van der Waals surface area contributed by atoms with Crippen LogP contribution in [0.2, 0.25) is 0 Å². The molecule has 0 atom stereocenters. The summed E-state index contributed by atoms with van der Waals surface area (Å²) >= 11 is 4.84. The van der Waals surface area contributed by atoms with Gasteiger partial charge in [0.1, 0.15) is 5.82 Å². The van der Waals surface area contributed by atoms with E-state index in [4.69, 9.17) is 5.73 Å². The van der Waals surface area contributed by atoms with Gasteiger partial charge in [-0.3, -0.25) is 0 Å². The summed E-state index contributed by atoms with van der Waals surface area (Å²) in [5, 5.41) is 0.618. The molecule has 0 unspecified atom stereocenters. The lowest BCUT2D eigenvalue weighted by molar-refractivity contribution is 0.618. The number of rotatable bonds is 2. The Labute approximate surface area is 102 Å². The van der Waals surface area contributed by atoms with E-state index in [0.29, 0.717) is 15.4 Å². The molecule has 1 fully saturated rings. The predicted molar refractivity (Wildman–Crippen MR) is 66.6 cm³/mol. The molecule has 2 rings (SSSR count). The van der Waals surface area contributed by atoms with Gasteiger partial charge in [-0.05, 0) is 40.9 Å². The van der Waals surface area contributed by atoms with Crippen molar-refractivity contribution in [1.29, 1.82) is 0 Å². The number of thioether (sulfide) groups is 1. The maximum absolute atomic E-state index is 13.3. The van der Waals surface area contributed by atoms with Gasteiger partial charge in [-0.15, -0.1) is 11.8 Å². The highest BCUT2D eigenvalue weighted by atomic mass is 79.9. The lowest BCUT2D eigenvalue weighted by Gasteiger charge is -2.11. The molecule has 1 aliphatic rings. The van der Waals surface area contributed by atoms with Crippen LogP contribution in [0.15, 0.2) is 21.5 Å². The van der Waals surface area contributed by atoms with E-state index in [1.54, 1.807) is 17.8 Å². The molecule has 0 radical (unpaired) electrons. The van der Waals surface area contributed by atoms with Crippen LogP contribution in [-0.4, -0.2) is 5.25 Å². The van der Waals surface area contributed by atoms with Crippen LogP contribution in [0.5, 0.6) is 0 Å². The monoisotopic (exact) mass is 289 g/mol. The molecule has 1 saturated carbocycles. The van der Waals surface area contributed by atoms with Gasteiger partial charge in [0.25, 0.3) is 0 Å². The maximum atomic E-state index is 13.3. The highest BCUT2D eigenvalue weighted by molar-refractivity contribution is 9.10. The number of nitrogens with two attached hydrogens (primary N) is 1. The lowest BCUT2D eigenvalue weighted by Crippen LogP contribution is -1.97. The summed E-state index contributed by atoms with van der Waals surface area (Å²) in [6.07, 6.45) is 5.02. The third-order valence-electron chi connectivity index (χ3n) is 2.65. The van der Waals surface area contributed by atoms with E-state index >= 15 is 0 Å². The molecule has 0 heterocycles. The minimum absolute atomic E-state index is 0.232. The first-order chi connectivity index (χ1) is 7.16. The van der Waals surface area contributed by atoms with Crippen LogP contribution in [0.3, 0.4) is 0 Å². The highest BCUT2D eigenvalue weighted by Gasteiger charge is 2.18. The maximum Gasteiger partial charge on any atom is 0.138 e. The summed E-state index contributed by atoms with van der Waals surface area (Å²) in [6, 6.07) is 3.18. The van der Waals surface area contributed by atoms with Crippen molar-refractivity contribution in [2.24, 2.45) is 0 Å². The van der Waals surface area contributed by atoms with Gasteiger partial charge in [0.15, 0.2) is 0 Å². The predicted octanol–water partition coefficient (Wildman–Crippen LogP) is 4.21. The third kappa shape index (κ3) is 2.67. The fraction of sp³-hybridized carbons (Fsp3) is 0.455. The zero-order valence-corrected chi connectivity index (χ0v) is 10.7. The second-order valence-corrected chi connectivity index (χ2v) is 6.02. The molecule has 2 N–H and O–H groups in total. The fourth-order valence-electron chi connectivity index (χ4n) is 1.83. The van der Waals surface area contributed by atoms with Crippen LogP contribution in [0.25, 0.3) is 0 Å². The first-order valence-electron chi connectivity index (χ1n) is 5.08. The van der Waals surface area contributed by atoms with Gasteiger partial charge in [0.05, 0.1) is 4.47 Å². The van der Waals surface area contributed by atoms with Gasteiger partial charge in [-0.2, -0.15) is 0 Å². The van der Waals surface area contributed by atoms with Crippen molar-refractivity contribution in [2.75, 3.05) is 5.73 Å². The van der Waals surface area contributed by atoms with E-state index in [9.17, 15) is 4.39 Å². The van der Waals surface area contributed by atoms with Crippen LogP contribution >= 0.6 is 27.7 Å². The second-order valence-electron chi connectivity index (χ2n) is 3.83. The summed E-state index contributed by atoms with van der Waals surface area (Å²) in [5.74, 6) is -0.232. The molecule has 0 spiro atoms. The van der Waals surface area contributed by atoms with Gasteiger partial charge in [-0.1, -0.05) is 12.8 Å². The molecule has 0 bridgehead atoms. The van der Waals surface area contributed by atoms with Crippen LogP contribution < -0.4 is 5.73 Å². The topological polar surface area (TPSA) is 26.0 Å². The number of hydrogen-bond acceptors (Lipinski definition) is 2. The van der Waals surface area contributed by atoms with Crippen molar-refractivity contribution in [3.63, 3.8) is 0 Å². The minimum atomic E-state index is -0.232. The van der Waals surface area contributed by atoms with Crippen LogP contribution in [0, 0.1) is 5.82 Å². The van der Waals surface area contributed by atoms with Crippen molar-refractivity contribution in [1.82, 2.24) is 0 Å². The molecule has 15 heavy (non-hydrogen) atoms. The average Bonchev–Trinajstić information content (AvgIpc) is 2.67. The zero-order chi connectivity index (χ0) is 10.8. The van der Waals surface area contributed by atoms with Gasteiger partial charge < -0.3 is 5.73 Å². The van der Waals surface area contributed by atoms with Crippen molar-refractivity contribution < 1.29 is 4.39 Å². The molecule has 1 aromatic rings. The van der Waals surface area contributed by atoms with E-state index < -0.39 is 0 Å². The number of anilines is 1. The second kappa shape index (κ2) is 4.74. The van der Waals surface area contributed by atoms with Crippen molar-refractivity contribution in [3.05, 3.63) is 22.4 Å². The largest absolute Gasteiger partial charge is 0.398 e. The van der Waals surface area contributed by atoms with Crippen molar-refractivity contribution >= 4 is 33.4 Å². The summed E-state index contributed by atoms with van der Waals surface area (Å²) in [7, 11) is 0. The van der Waals surface area contributed by atoms with Gasteiger partial charge in [0.2, 0.25) is 0 Å². The Bertz CT molecular complexity index is 364. The molecule has 0 saturated heterocycles. The normalized spacial score (nSPS) is 17.2. The molecule has 0 aliphatic heterocycles. The quantitative estimate of drug-likeness (QED) is 0.826. The Kier molecular flexibility index (Phi) is 3.57. The third-order valence-corrected chi connectivity index (χ3v) is 4.67. The summed E-state index contributed by atoms with van der Waals surface area (Å²) in [5.41, 5.74) is 6.52. The number of nitrogen functional groups attached to an aromatic ring is 1. The van der Waals surface area contributed by atoms with Gasteiger partial charge in [0, 0.05) is 15.8 Å². The number of benzene rings is 1. The summed E-state index contributed by atoms with van der Waals surface area (Å²) in [6.45, 7) is 0. The molecular formula is C11H13BrFNS. The molecule has 0 aromatic heterocycles. The molecule has 0 amide bonds. The molecule has 1 aromatic carbocycles. The molecule has 82 valence electrons. The Morgan fingerprint density at radius 3 is 2.67 bits per heavy atom. The highest BCUT2D eigenvalue weighted by Crippen LogP contribution is 2.38. The minimum Gasteiger partial charge on any atom is -0.398 e. The van der Waals surface area contributed by atoms with Crippen LogP contribution in [0.4, 0.5) is 10.1 Å². The van der Waals surface area contributed by atoms with E-state index in [1.165, 1.54) is 31.7 Å². The zero-order valence-electron chi connectivity index (χ0n) is 8.30. The molecule has 4 heteroatoms. The number of halogens is 2. The standard InChI is InChI=1S/C11H13BrFNS/c12-8-5-10(14)11(6-9(8)13)15-7-3-1-2-4-7/h5-7H,1-4,14H2. The molecular weight excluding hydrogens is 277 g/mol. The van der Waals surface area contributed by atoms with Gasteiger partial charge in [-0.25, -0.2) is 4.39 Å². The van der Waals surface area contributed by atoms with Crippen LogP contribution in [0.1, 0.15) is 25.7 Å². The van der Waals surface area contributed by atoms with E-state index in [-0.39, 0.29) is 5.82 Å². The number of hydrogen-bond donors (Lipinski definition) is 1. The first-order valence-corrected chi connectivity index (χ1v) is 6.75. The summed E-state index contributed by atoms with van der Waals surface area (Å²) < 4.78 is 13.8. The van der Waals surface area contributed by atoms with E-state index in [0.717, 1.165) is 4.90 Å². The fourth-order valence-corrected chi connectivity index (χ4v) is 3.49.